The van der Waals surface area contributed by atoms with Crippen molar-refractivity contribution in [1.29, 1.82) is 0 Å². The number of aromatic nitrogens is 4. The zero-order valence-corrected chi connectivity index (χ0v) is 30.5. The van der Waals surface area contributed by atoms with Crippen LogP contribution in [0.4, 0.5) is 0 Å². The van der Waals surface area contributed by atoms with E-state index in [1.54, 1.807) is 0 Å². The monoisotopic (exact) mass is 726 g/mol. The molecule has 0 unspecified atom stereocenters. The Hall–Kier alpha value is -7.76. The summed E-state index contributed by atoms with van der Waals surface area (Å²) < 4.78 is 11.3. The van der Waals surface area contributed by atoms with Crippen molar-refractivity contribution in [2.45, 2.75) is 0 Å². The first kappa shape index (κ1) is 30.6. The topological polar surface area (TPSA) is 48.8 Å². The third kappa shape index (κ3) is 4.28. The minimum atomic E-state index is 0.626. The van der Waals surface area contributed by atoms with Crippen LogP contribution in [0.15, 0.2) is 186 Å². The van der Waals surface area contributed by atoms with Gasteiger partial charge in [-0.25, -0.2) is 9.97 Å². The van der Waals surface area contributed by atoms with Crippen LogP contribution in [-0.2, 0) is 0 Å². The second-order valence-electron chi connectivity index (χ2n) is 15.0. The van der Waals surface area contributed by atoms with E-state index >= 15 is 0 Å². The first-order chi connectivity index (χ1) is 28.3. The first-order valence-corrected chi connectivity index (χ1v) is 19.3. The molecule has 4 heterocycles. The zero-order valence-electron chi connectivity index (χ0n) is 30.5. The van der Waals surface area contributed by atoms with Crippen molar-refractivity contribution in [3.8, 4) is 22.9 Å². The van der Waals surface area contributed by atoms with Crippen molar-refractivity contribution < 1.29 is 4.42 Å². The number of hydrogen-bond acceptors (Lipinski definition) is 3. The standard InChI is InChI=1S/C52H30N4O/c1-2-14-32-28-47-41(27-31(32)13-1)34-16-4-8-23-44(34)55(47)46-25-11-15-33-29-48-42(30-40(33)46)35-17-5-9-24-45(35)56(48)52-38-19-3-7-22-43(38)53-51(54-52)39-21-12-20-37-36-18-6-10-26-49(36)57-50(37)39/h1-30H. The highest BCUT2D eigenvalue weighted by atomic mass is 16.3. The van der Waals surface area contributed by atoms with Crippen LogP contribution in [0, 0.1) is 0 Å². The van der Waals surface area contributed by atoms with Crippen molar-refractivity contribution >= 4 is 98.0 Å². The molecular weight excluding hydrogens is 697 g/mol. The molecule has 5 heteroatoms. The maximum atomic E-state index is 6.50. The van der Waals surface area contributed by atoms with Crippen molar-refractivity contribution in [2.24, 2.45) is 0 Å². The van der Waals surface area contributed by atoms with Gasteiger partial charge in [-0.05, 0) is 82.9 Å². The maximum absolute atomic E-state index is 6.50. The van der Waals surface area contributed by atoms with Gasteiger partial charge in [-0.15, -0.1) is 0 Å². The van der Waals surface area contributed by atoms with Crippen LogP contribution in [0.2, 0.25) is 0 Å². The average molecular weight is 727 g/mol. The second-order valence-corrected chi connectivity index (χ2v) is 15.0. The molecule has 0 saturated carbocycles. The van der Waals surface area contributed by atoms with E-state index in [1.807, 2.05) is 24.3 Å². The van der Waals surface area contributed by atoms with Crippen LogP contribution < -0.4 is 0 Å². The number of benzene rings is 9. The third-order valence-corrected chi connectivity index (χ3v) is 11.9. The Balaban J connectivity index is 1.10. The van der Waals surface area contributed by atoms with Crippen molar-refractivity contribution in [3.63, 3.8) is 0 Å². The van der Waals surface area contributed by atoms with Gasteiger partial charge in [-0.1, -0.05) is 115 Å². The van der Waals surface area contributed by atoms with Crippen molar-refractivity contribution in [1.82, 2.24) is 19.1 Å². The van der Waals surface area contributed by atoms with Gasteiger partial charge in [0.05, 0.1) is 38.8 Å². The first-order valence-electron chi connectivity index (χ1n) is 19.3. The Labute approximate surface area is 325 Å². The van der Waals surface area contributed by atoms with Gasteiger partial charge >= 0.3 is 0 Å². The molecule has 264 valence electrons. The lowest BCUT2D eigenvalue weighted by molar-refractivity contribution is 0.669. The van der Waals surface area contributed by atoms with E-state index in [-0.39, 0.29) is 0 Å². The molecule has 0 aliphatic carbocycles. The average Bonchev–Trinajstić information content (AvgIpc) is 3.91. The van der Waals surface area contributed by atoms with Gasteiger partial charge in [0.1, 0.15) is 17.0 Å². The lowest BCUT2D eigenvalue weighted by Crippen LogP contribution is -2.03. The van der Waals surface area contributed by atoms with Crippen molar-refractivity contribution in [2.75, 3.05) is 0 Å². The molecule has 0 saturated heterocycles. The van der Waals surface area contributed by atoms with Gasteiger partial charge in [-0.2, -0.15) is 0 Å². The predicted molar refractivity (Wildman–Crippen MR) is 236 cm³/mol. The fraction of sp³-hybridized carbons (Fsp3) is 0. The fourth-order valence-electron chi connectivity index (χ4n) is 9.34. The Kier molecular flexibility index (Phi) is 6.10. The van der Waals surface area contributed by atoms with Gasteiger partial charge in [0.15, 0.2) is 5.82 Å². The summed E-state index contributed by atoms with van der Waals surface area (Å²) in [6, 6.07) is 64.9. The molecule has 0 N–H and O–H groups in total. The van der Waals surface area contributed by atoms with E-state index in [1.165, 1.54) is 48.7 Å². The second kappa shape index (κ2) is 11.4. The van der Waals surface area contributed by atoms with Crippen LogP contribution in [0.25, 0.3) is 121 Å². The van der Waals surface area contributed by atoms with E-state index in [4.69, 9.17) is 14.4 Å². The van der Waals surface area contributed by atoms with E-state index in [2.05, 4.69) is 167 Å². The molecule has 0 radical (unpaired) electrons. The molecule has 0 amide bonds. The molecule has 0 bridgehead atoms. The smallest absolute Gasteiger partial charge is 0.165 e. The lowest BCUT2D eigenvalue weighted by Gasteiger charge is -2.14. The van der Waals surface area contributed by atoms with Crippen LogP contribution in [-0.4, -0.2) is 19.1 Å². The summed E-state index contributed by atoms with van der Waals surface area (Å²) in [6.07, 6.45) is 0. The molecule has 57 heavy (non-hydrogen) atoms. The minimum Gasteiger partial charge on any atom is -0.455 e. The molecule has 13 aromatic rings. The molecule has 5 nitrogen and oxygen atoms in total. The highest BCUT2D eigenvalue weighted by Gasteiger charge is 2.22. The van der Waals surface area contributed by atoms with E-state index < -0.39 is 0 Å². The van der Waals surface area contributed by atoms with E-state index in [0.717, 1.165) is 66.3 Å². The zero-order chi connectivity index (χ0) is 37.2. The van der Waals surface area contributed by atoms with Gasteiger partial charge in [-0.3, -0.25) is 4.57 Å². The summed E-state index contributed by atoms with van der Waals surface area (Å²) in [6.45, 7) is 0. The molecule has 0 aliphatic heterocycles. The summed E-state index contributed by atoms with van der Waals surface area (Å²) in [5, 5.41) is 12.8. The largest absolute Gasteiger partial charge is 0.455 e. The summed E-state index contributed by atoms with van der Waals surface area (Å²) in [5.74, 6) is 1.46. The molecular formula is C52H30N4O. The highest BCUT2D eigenvalue weighted by molar-refractivity contribution is 6.18. The SMILES string of the molecule is c1ccc2cc3c(cc2c1)c1ccccc1n3-c1cccc2cc3c(cc12)c1ccccc1n3-c1nc(-c2cccc3c2oc2ccccc23)nc2ccccc12. The summed E-state index contributed by atoms with van der Waals surface area (Å²) in [4.78, 5) is 10.6. The molecule has 9 aromatic carbocycles. The number of rotatable bonds is 3. The number of furan rings is 1. The number of fused-ring (bicyclic) bond motifs is 12. The van der Waals surface area contributed by atoms with Crippen LogP contribution in [0.5, 0.6) is 0 Å². The maximum Gasteiger partial charge on any atom is 0.165 e. The summed E-state index contributed by atoms with van der Waals surface area (Å²) in [5.41, 5.74) is 9.10. The van der Waals surface area contributed by atoms with Crippen LogP contribution in [0.3, 0.4) is 0 Å². The van der Waals surface area contributed by atoms with Gasteiger partial charge in [0.2, 0.25) is 0 Å². The highest BCUT2D eigenvalue weighted by Crippen LogP contribution is 2.42. The Bertz CT molecular complexity index is 3830. The summed E-state index contributed by atoms with van der Waals surface area (Å²) in [7, 11) is 0. The van der Waals surface area contributed by atoms with Crippen LogP contribution in [0.1, 0.15) is 0 Å². The molecule has 13 rings (SSSR count). The number of nitrogens with zero attached hydrogens (tertiary/aromatic N) is 4. The predicted octanol–water partition coefficient (Wildman–Crippen LogP) is 13.7. The molecule has 0 atom stereocenters. The van der Waals surface area contributed by atoms with Crippen LogP contribution >= 0.6 is 0 Å². The van der Waals surface area contributed by atoms with Gasteiger partial charge < -0.3 is 8.98 Å². The Morgan fingerprint density at radius 2 is 0.965 bits per heavy atom. The molecule has 4 aromatic heterocycles. The Morgan fingerprint density at radius 3 is 1.81 bits per heavy atom. The van der Waals surface area contributed by atoms with Gasteiger partial charge in [0, 0.05) is 43.1 Å². The molecule has 0 aliphatic rings. The van der Waals surface area contributed by atoms with Crippen molar-refractivity contribution in [3.05, 3.63) is 182 Å². The summed E-state index contributed by atoms with van der Waals surface area (Å²) >= 11 is 0. The fourth-order valence-corrected chi connectivity index (χ4v) is 9.34. The van der Waals surface area contributed by atoms with E-state index in [9.17, 15) is 0 Å². The van der Waals surface area contributed by atoms with Gasteiger partial charge in [0.25, 0.3) is 0 Å². The van der Waals surface area contributed by atoms with E-state index in [0.29, 0.717) is 5.82 Å². The molecule has 0 fully saturated rings. The lowest BCUT2D eigenvalue weighted by atomic mass is 10.0. The molecule has 0 spiro atoms. The Morgan fingerprint density at radius 1 is 0.368 bits per heavy atom. The minimum absolute atomic E-state index is 0.626. The quantitative estimate of drug-likeness (QED) is 0.182. The number of hydrogen-bond donors (Lipinski definition) is 0. The normalized spacial score (nSPS) is 12.2. The third-order valence-electron chi connectivity index (χ3n) is 11.9. The number of para-hydroxylation sites is 5.